The SMILES string of the molecule is CN(C)C(=NCc1cccc(OCC(N)=O)c1)N(C)C.I. The molecule has 0 bridgehead atoms. The van der Waals surface area contributed by atoms with Gasteiger partial charge in [-0.25, -0.2) is 4.99 Å². The number of carbonyl (C=O) groups is 1. The first kappa shape index (κ1) is 19.5. The standard InChI is InChI=1S/C14H22N4O2.HI/c1-17(2)14(18(3)4)16-9-11-6-5-7-12(8-11)20-10-13(15)19;/h5-8H,9-10H2,1-4H3,(H2,15,19);1H. The third-order valence-electron chi connectivity index (χ3n) is 2.48. The molecule has 21 heavy (non-hydrogen) atoms. The molecule has 0 unspecified atom stereocenters. The lowest BCUT2D eigenvalue weighted by Crippen LogP contribution is -2.35. The van der Waals surface area contributed by atoms with Gasteiger partial charge < -0.3 is 20.3 Å². The van der Waals surface area contributed by atoms with E-state index in [1.165, 1.54) is 0 Å². The Kier molecular flexibility index (Phi) is 8.75. The fraction of sp³-hybridized carbons (Fsp3) is 0.429. The molecule has 1 amide bonds. The zero-order valence-electron chi connectivity index (χ0n) is 12.9. The Morgan fingerprint density at radius 2 is 1.86 bits per heavy atom. The van der Waals surface area contributed by atoms with Gasteiger partial charge in [0.25, 0.3) is 5.91 Å². The van der Waals surface area contributed by atoms with Gasteiger partial charge in [0, 0.05) is 28.2 Å². The van der Waals surface area contributed by atoms with Crippen molar-refractivity contribution in [3.05, 3.63) is 29.8 Å². The summed E-state index contributed by atoms with van der Waals surface area (Å²) in [5.41, 5.74) is 6.05. The second-order valence-corrected chi connectivity index (χ2v) is 4.81. The lowest BCUT2D eigenvalue weighted by molar-refractivity contribution is -0.119. The van der Waals surface area contributed by atoms with Crippen LogP contribution in [0, 0.1) is 0 Å². The zero-order valence-corrected chi connectivity index (χ0v) is 15.2. The van der Waals surface area contributed by atoms with E-state index in [-0.39, 0.29) is 30.6 Å². The average molecular weight is 406 g/mol. The van der Waals surface area contributed by atoms with Crippen LogP contribution >= 0.6 is 24.0 Å². The minimum Gasteiger partial charge on any atom is -0.484 e. The van der Waals surface area contributed by atoms with Crippen LogP contribution in [-0.2, 0) is 11.3 Å². The number of hydrogen-bond donors (Lipinski definition) is 1. The summed E-state index contributed by atoms with van der Waals surface area (Å²) in [6.07, 6.45) is 0. The number of aliphatic imine (C=N–C) groups is 1. The first-order valence-corrected chi connectivity index (χ1v) is 6.29. The van der Waals surface area contributed by atoms with E-state index in [2.05, 4.69) is 4.99 Å². The number of hydrogen-bond acceptors (Lipinski definition) is 3. The second-order valence-electron chi connectivity index (χ2n) is 4.81. The van der Waals surface area contributed by atoms with Crippen molar-refractivity contribution in [2.75, 3.05) is 34.8 Å². The van der Waals surface area contributed by atoms with Gasteiger partial charge in [-0.15, -0.1) is 24.0 Å². The first-order valence-electron chi connectivity index (χ1n) is 6.29. The average Bonchev–Trinajstić information content (AvgIpc) is 2.36. The molecule has 1 rings (SSSR count). The minimum atomic E-state index is -0.490. The van der Waals surface area contributed by atoms with Crippen LogP contribution in [0.1, 0.15) is 5.56 Å². The number of benzene rings is 1. The minimum absolute atomic E-state index is 0. The summed E-state index contributed by atoms with van der Waals surface area (Å²) in [5.74, 6) is 1.01. The van der Waals surface area contributed by atoms with Gasteiger partial charge in [-0.2, -0.15) is 0 Å². The normalized spacial score (nSPS) is 9.33. The largest absolute Gasteiger partial charge is 0.484 e. The third-order valence-corrected chi connectivity index (χ3v) is 2.48. The number of primary amides is 1. The Hall–Kier alpha value is -1.51. The van der Waals surface area contributed by atoms with Gasteiger partial charge in [0.05, 0.1) is 6.54 Å². The van der Waals surface area contributed by atoms with Gasteiger partial charge in [-0.1, -0.05) is 12.1 Å². The highest BCUT2D eigenvalue weighted by Crippen LogP contribution is 2.14. The molecular weight excluding hydrogens is 383 g/mol. The Bertz CT molecular complexity index is 480. The number of amides is 1. The van der Waals surface area contributed by atoms with E-state index in [9.17, 15) is 4.79 Å². The van der Waals surface area contributed by atoms with Crippen molar-refractivity contribution >= 4 is 35.8 Å². The Labute approximate surface area is 143 Å². The summed E-state index contributed by atoms with van der Waals surface area (Å²) in [6.45, 7) is 0.423. The number of nitrogens with two attached hydrogens (primary N) is 1. The van der Waals surface area contributed by atoms with E-state index >= 15 is 0 Å². The van der Waals surface area contributed by atoms with Gasteiger partial charge in [-0.3, -0.25) is 4.79 Å². The topological polar surface area (TPSA) is 71.2 Å². The molecule has 0 aliphatic heterocycles. The van der Waals surface area contributed by atoms with Gasteiger partial charge in [-0.05, 0) is 17.7 Å². The first-order chi connectivity index (χ1) is 9.40. The predicted molar refractivity (Wildman–Crippen MR) is 95.1 cm³/mol. The molecule has 0 aliphatic carbocycles. The van der Waals surface area contributed by atoms with Crippen molar-refractivity contribution in [2.24, 2.45) is 10.7 Å². The van der Waals surface area contributed by atoms with Gasteiger partial charge in [0.1, 0.15) is 5.75 Å². The van der Waals surface area contributed by atoms with Crippen molar-refractivity contribution in [2.45, 2.75) is 6.54 Å². The summed E-state index contributed by atoms with van der Waals surface area (Å²) >= 11 is 0. The van der Waals surface area contributed by atoms with E-state index in [1.807, 2.05) is 56.2 Å². The number of nitrogens with zero attached hydrogens (tertiary/aromatic N) is 3. The van der Waals surface area contributed by atoms with Crippen LogP contribution in [0.25, 0.3) is 0 Å². The summed E-state index contributed by atoms with van der Waals surface area (Å²) in [7, 11) is 7.80. The summed E-state index contributed by atoms with van der Waals surface area (Å²) in [5, 5.41) is 0. The number of carbonyl (C=O) groups excluding carboxylic acids is 1. The third kappa shape index (κ3) is 7.16. The van der Waals surface area contributed by atoms with Gasteiger partial charge in [0.15, 0.2) is 12.6 Å². The molecule has 0 fully saturated rings. The molecule has 0 heterocycles. The molecule has 0 saturated carbocycles. The Morgan fingerprint density at radius 3 is 2.38 bits per heavy atom. The zero-order chi connectivity index (χ0) is 15.1. The maximum Gasteiger partial charge on any atom is 0.255 e. The molecule has 0 radical (unpaired) electrons. The summed E-state index contributed by atoms with van der Waals surface area (Å²) in [4.78, 5) is 19.1. The summed E-state index contributed by atoms with van der Waals surface area (Å²) in [6, 6.07) is 7.47. The van der Waals surface area contributed by atoms with Crippen LogP contribution in [0.4, 0.5) is 0 Å². The van der Waals surface area contributed by atoms with E-state index < -0.39 is 5.91 Å². The monoisotopic (exact) mass is 406 g/mol. The molecule has 0 aliphatic rings. The maximum absolute atomic E-state index is 10.7. The maximum atomic E-state index is 10.7. The molecule has 2 N–H and O–H groups in total. The van der Waals surface area contributed by atoms with Gasteiger partial charge >= 0.3 is 0 Å². The molecule has 6 nitrogen and oxygen atoms in total. The Balaban J connectivity index is 0.00000400. The lowest BCUT2D eigenvalue weighted by Gasteiger charge is -2.22. The number of rotatable bonds is 5. The van der Waals surface area contributed by atoms with E-state index in [0.29, 0.717) is 12.3 Å². The van der Waals surface area contributed by atoms with Crippen molar-refractivity contribution < 1.29 is 9.53 Å². The highest BCUT2D eigenvalue weighted by molar-refractivity contribution is 14.0. The van der Waals surface area contributed by atoms with E-state index in [4.69, 9.17) is 10.5 Å². The smallest absolute Gasteiger partial charge is 0.255 e. The quantitative estimate of drug-likeness (QED) is 0.453. The lowest BCUT2D eigenvalue weighted by atomic mass is 10.2. The van der Waals surface area contributed by atoms with Crippen molar-refractivity contribution in [1.29, 1.82) is 0 Å². The molecule has 7 heteroatoms. The molecule has 1 aromatic rings. The van der Waals surface area contributed by atoms with Crippen LogP contribution in [-0.4, -0.2) is 56.5 Å². The molecule has 1 aromatic carbocycles. The van der Waals surface area contributed by atoms with Crippen LogP contribution in [0.2, 0.25) is 0 Å². The molecule has 118 valence electrons. The van der Waals surface area contributed by atoms with Crippen LogP contribution in [0.3, 0.4) is 0 Å². The number of ether oxygens (including phenoxy) is 1. The summed E-state index contributed by atoms with van der Waals surface area (Å²) < 4.78 is 5.27. The van der Waals surface area contributed by atoms with Crippen molar-refractivity contribution in [3.63, 3.8) is 0 Å². The molecular formula is C14H23IN4O2. The molecule has 0 saturated heterocycles. The van der Waals surface area contributed by atoms with Crippen LogP contribution < -0.4 is 10.5 Å². The van der Waals surface area contributed by atoms with Crippen molar-refractivity contribution in [1.82, 2.24) is 9.80 Å². The van der Waals surface area contributed by atoms with Crippen LogP contribution in [0.5, 0.6) is 5.75 Å². The molecule has 0 aromatic heterocycles. The fourth-order valence-corrected chi connectivity index (χ4v) is 1.73. The van der Waals surface area contributed by atoms with Crippen molar-refractivity contribution in [3.8, 4) is 5.75 Å². The van der Waals surface area contributed by atoms with E-state index in [0.717, 1.165) is 11.5 Å². The van der Waals surface area contributed by atoms with Crippen LogP contribution in [0.15, 0.2) is 29.3 Å². The Morgan fingerprint density at radius 1 is 1.24 bits per heavy atom. The molecule has 0 spiro atoms. The second kappa shape index (κ2) is 9.43. The number of guanidine groups is 1. The highest BCUT2D eigenvalue weighted by atomic mass is 127. The number of halogens is 1. The van der Waals surface area contributed by atoms with E-state index in [1.54, 1.807) is 6.07 Å². The fourth-order valence-electron chi connectivity index (χ4n) is 1.73. The molecule has 0 atom stereocenters. The predicted octanol–water partition coefficient (Wildman–Crippen LogP) is 1.15. The van der Waals surface area contributed by atoms with Gasteiger partial charge in [0.2, 0.25) is 0 Å². The highest BCUT2D eigenvalue weighted by Gasteiger charge is 2.04.